The maximum Gasteiger partial charge on any atom is 0.294 e. The molecule has 0 radical (unpaired) electrons. The third-order valence-corrected chi connectivity index (χ3v) is 8.03. The van der Waals surface area contributed by atoms with Crippen molar-refractivity contribution in [2.75, 3.05) is 16.5 Å². The molecular formula is C26H23N3O4S2. The number of nitrogens with zero attached hydrogens (tertiary/aromatic N) is 3. The van der Waals surface area contributed by atoms with Crippen molar-refractivity contribution in [1.29, 1.82) is 0 Å². The fourth-order valence-electron chi connectivity index (χ4n) is 4.45. The van der Waals surface area contributed by atoms with E-state index in [9.17, 15) is 17.8 Å². The van der Waals surface area contributed by atoms with E-state index < -0.39 is 10.1 Å². The second-order valence-electron chi connectivity index (χ2n) is 8.29. The summed E-state index contributed by atoms with van der Waals surface area (Å²) >= 11 is 1.68. The summed E-state index contributed by atoms with van der Waals surface area (Å²) in [6.45, 7) is 6.58. The molecule has 0 unspecified atom stereocenters. The summed E-state index contributed by atoms with van der Waals surface area (Å²) in [5, 5.41) is 9.09. The molecule has 7 nitrogen and oxygen atoms in total. The van der Waals surface area contributed by atoms with Crippen molar-refractivity contribution in [3.8, 4) is 0 Å². The molecule has 2 aliphatic rings. The molecule has 0 saturated carbocycles. The average molecular weight is 506 g/mol. The standard InChI is InChI=1S/C26H23N3O4S2/c1-4-28-23(34-22-14-9-18-7-5-6-8-21(18)25(22)28)15-16(2)24-17(3)27-29(26(24)30)19-10-12-20(13-11-19)35(31,32)33/h5-15H,4H2,1-3H3,(H,31,32,33)/b23-15-,24-16+. The number of thioether (sulfide) groups is 1. The van der Waals surface area contributed by atoms with Gasteiger partial charge in [0, 0.05) is 16.8 Å². The fourth-order valence-corrected chi connectivity index (χ4v) is 6.17. The van der Waals surface area contributed by atoms with E-state index in [1.54, 1.807) is 18.7 Å². The summed E-state index contributed by atoms with van der Waals surface area (Å²) in [6.07, 6.45) is 2.03. The Balaban J connectivity index is 1.49. The molecule has 1 N–H and O–H groups in total. The number of carbonyl (C=O) groups excluding carboxylic acids is 1. The highest BCUT2D eigenvalue weighted by Gasteiger charge is 2.32. The van der Waals surface area contributed by atoms with E-state index in [4.69, 9.17) is 0 Å². The first-order valence-corrected chi connectivity index (χ1v) is 13.3. The monoisotopic (exact) mass is 505 g/mol. The smallest absolute Gasteiger partial charge is 0.294 e. The number of hydrogen-bond donors (Lipinski definition) is 1. The van der Waals surface area contributed by atoms with E-state index in [1.165, 1.54) is 50.6 Å². The lowest BCUT2D eigenvalue weighted by Gasteiger charge is -2.20. The first-order valence-electron chi connectivity index (χ1n) is 11.1. The van der Waals surface area contributed by atoms with Crippen LogP contribution < -0.4 is 9.91 Å². The number of allylic oxidation sites excluding steroid dienone is 2. The topological polar surface area (TPSA) is 90.3 Å². The van der Waals surface area contributed by atoms with Gasteiger partial charge in [-0.25, -0.2) is 0 Å². The zero-order valence-electron chi connectivity index (χ0n) is 19.4. The predicted molar refractivity (Wildman–Crippen MR) is 140 cm³/mol. The van der Waals surface area contributed by atoms with Gasteiger partial charge in [0.15, 0.2) is 0 Å². The number of benzene rings is 3. The number of fused-ring (bicyclic) bond motifs is 3. The Kier molecular flexibility index (Phi) is 5.79. The summed E-state index contributed by atoms with van der Waals surface area (Å²) in [6, 6.07) is 18.0. The van der Waals surface area contributed by atoms with Crippen molar-refractivity contribution < 1.29 is 17.8 Å². The lowest BCUT2D eigenvalue weighted by atomic mass is 10.0. The largest absolute Gasteiger partial charge is 0.335 e. The summed E-state index contributed by atoms with van der Waals surface area (Å²) in [4.78, 5) is 16.5. The molecule has 2 heterocycles. The minimum absolute atomic E-state index is 0.240. The molecule has 2 aliphatic heterocycles. The normalized spacial score (nSPS) is 18.5. The van der Waals surface area contributed by atoms with Gasteiger partial charge in [0.1, 0.15) is 0 Å². The molecule has 0 spiro atoms. The van der Waals surface area contributed by atoms with Crippen LogP contribution in [0, 0.1) is 0 Å². The van der Waals surface area contributed by atoms with E-state index in [2.05, 4.69) is 41.2 Å². The quantitative estimate of drug-likeness (QED) is 0.367. The van der Waals surface area contributed by atoms with Crippen LogP contribution in [0.15, 0.2) is 97.8 Å². The molecule has 3 aromatic rings. The van der Waals surface area contributed by atoms with Crippen LogP contribution in [0.25, 0.3) is 10.8 Å². The number of hydrogen-bond acceptors (Lipinski definition) is 6. The molecule has 0 atom stereocenters. The van der Waals surface area contributed by atoms with Crippen molar-refractivity contribution in [2.24, 2.45) is 5.10 Å². The predicted octanol–water partition coefficient (Wildman–Crippen LogP) is 5.60. The van der Waals surface area contributed by atoms with Crippen LogP contribution in [0.1, 0.15) is 20.8 Å². The zero-order valence-corrected chi connectivity index (χ0v) is 21.0. The van der Waals surface area contributed by atoms with Crippen molar-refractivity contribution in [3.63, 3.8) is 0 Å². The van der Waals surface area contributed by atoms with Gasteiger partial charge in [0.2, 0.25) is 0 Å². The van der Waals surface area contributed by atoms with E-state index in [0.29, 0.717) is 17.0 Å². The summed E-state index contributed by atoms with van der Waals surface area (Å²) < 4.78 is 31.8. The molecule has 35 heavy (non-hydrogen) atoms. The van der Waals surface area contributed by atoms with Crippen LogP contribution in [0.5, 0.6) is 0 Å². The number of hydrazone groups is 1. The van der Waals surface area contributed by atoms with Gasteiger partial charge in [-0.2, -0.15) is 18.5 Å². The Bertz CT molecular complexity index is 1570. The SMILES string of the molecule is CCN1/C(=C/C(C)=C2/C(=O)N(c3ccc(S(=O)(=O)O)cc3)N=C2C)Sc2ccc3ccccc3c21. The number of rotatable bonds is 4. The van der Waals surface area contributed by atoms with Gasteiger partial charge < -0.3 is 4.90 Å². The van der Waals surface area contributed by atoms with Crippen LogP contribution in [0.2, 0.25) is 0 Å². The van der Waals surface area contributed by atoms with Crippen LogP contribution in [-0.4, -0.2) is 31.1 Å². The van der Waals surface area contributed by atoms with Crippen LogP contribution in [0.3, 0.4) is 0 Å². The van der Waals surface area contributed by atoms with Gasteiger partial charge in [-0.15, -0.1) is 0 Å². The van der Waals surface area contributed by atoms with E-state index in [1.807, 2.05) is 25.1 Å². The van der Waals surface area contributed by atoms with Gasteiger partial charge in [-0.05, 0) is 68.1 Å². The summed E-state index contributed by atoms with van der Waals surface area (Å²) in [5.74, 6) is -0.287. The van der Waals surface area contributed by atoms with Gasteiger partial charge >= 0.3 is 0 Å². The Morgan fingerprint density at radius 3 is 2.49 bits per heavy atom. The molecule has 178 valence electrons. The third-order valence-electron chi connectivity index (χ3n) is 6.06. The number of carbonyl (C=O) groups is 1. The van der Waals surface area contributed by atoms with E-state index in [0.717, 1.165) is 17.1 Å². The molecule has 3 aromatic carbocycles. The molecule has 9 heteroatoms. The highest BCUT2D eigenvalue weighted by molar-refractivity contribution is 8.03. The number of anilines is 2. The minimum Gasteiger partial charge on any atom is -0.335 e. The molecule has 5 rings (SSSR count). The molecule has 0 aromatic heterocycles. The second-order valence-corrected chi connectivity index (χ2v) is 10.8. The maximum atomic E-state index is 13.3. The number of amides is 1. The minimum atomic E-state index is -4.31. The van der Waals surface area contributed by atoms with Gasteiger partial charge in [-0.1, -0.05) is 42.1 Å². The molecule has 0 bridgehead atoms. The Labute approximate surface area is 208 Å². The van der Waals surface area contributed by atoms with Gasteiger partial charge in [0.05, 0.1) is 32.6 Å². The Morgan fingerprint density at radius 1 is 1.09 bits per heavy atom. The first kappa shape index (κ1) is 23.3. The third kappa shape index (κ3) is 4.05. The molecule has 0 fully saturated rings. The summed E-state index contributed by atoms with van der Waals surface area (Å²) in [5.41, 5.74) is 3.49. The Morgan fingerprint density at radius 2 is 1.80 bits per heavy atom. The van der Waals surface area contributed by atoms with Gasteiger partial charge in [0.25, 0.3) is 16.0 Å². The zero-order chi connectivity index (χ0) is 24.9. The second kappa shape index (κ2) is 8.67. The van der Waals surface area contributed by atoms with Crippen molar-refractivity contribution >= 4 is 55.6 Å². The van der Waals surface area contributed by atoms with Crippen LogP contribution in [-0.2, 0) is 14.9 Å². The maximum absolute atomic E-state index is 13.3. The summed E-state index contributed by atoms with van der Waals surface area (Å²) in [7, 11) is -4.31. The van der Waals surface area contributed by atoms with Crippen LogP contribution >= 0.6 is 11.8 Å². The van der Waals surface area contributed by atoms with E-state index in [-0.39, 0.29) is 10.8 Å². The van der Waals surface area contributed by atoms with Crippen molar-refractivity contribution in [1.82, 2.24) is 0 Å². The first-order chi connectivity index (χ1) is 16.7. The molecule has 0 saturated heterocycles. The molecular weight excluding hydrogens is 482 g/mol. The van der Waals surface area contributed by atoms with Gasteiger partial charge in [-0.3, -0.25) is 9.35 Å². The fraction of sp³-hybridized carbons (Fsp3) is 0.154. The lowest BCUT2D eigenvalue weighted by Crippen LogP contribution is -2.22. The lowest BCUT2D eigenvalue weighted by molar-refractivity contribution is -0.114. The Hall–Kier alpha value is -3.40. The van der Waals surface area contributed by atoms with Crippen LogP contribution in [0.4, 0.5) is 11.4 Å². The highest BCUT2D eigenvalue weighted by atomic mass is 32.2. The molecule has 1 amide bonds. The van der Waals surface area contributed by atoms with Crippen molar-refractivity contribution in [3.05, 3.63) is 82.9 Å². The average Bonchev–Trinajstić information content (AvgIpc) is 3.34. The highest BCUT2D eigenvalue weighted by Crippen LogP contribution is 2.49. The van der Waals surface area contributed by atoms with E-state index >= 15 is 0 Å². The molecule has 0 aliphatic carbocycles. The van der Waals surface area contributed by atoms with Crippen molar-refractivity contribution in [2.45, 2.75) is 30.6 Å².